The Hall–Kier alpha value is 0.585. The zero-order valence-electron chi connectivity index (χ0n) is 26.1. The third-order valence-corrected chi connectivity index (χ3v) is 32.3. The van der Waals surface area contributed by atoms with Gasteiger partial charge in [0.05, 0.1) is 0 Å². The number of esters is 1. The van der Waals surface area contributed by atoms with Gasteiger partial charge in [0.15, 0.2) is 0 Å². The fourth-order valence-corrected chi connectivity index (χ4v) is 41.2. The maximum atomic E-state index is 11.5. The Morgan fingerprint density at radius 2 is 0.816 bits per heavy atom. The molecule has 0 saturated carbocycles. The number of ether oxygens (including phenoxy) is 1. The summed E-state index contributed by atoms with van der Waals surface area (Å²) in [6, 6.07) is 0. The van der Waals surface area contributed by atoms with Crippen molar-refractivity contribution in [3.63, 3.8) is 0 Å². The average Bonchev–Trinajstić information content (AvgIpc) is 2.49. The monoisotopic (exact) mass is 680 g/mol. The number of carbonyl (C=O) groups excluding carboxylic acids is 1. The molecule has 19 heteroatoms. The van der Waals surface area contributed by atoms with E-state index in [0.717, 1.165) is 6.08 Å². The smallest absolute Gasteiger partial charge is 0.463 e. The molecule has 0 aromatic rings. The highest BCUT2D eigenvalue weighted by Crippen LogP contribution is 2.29. The second-order valence-corrected chi connectivity index (χ2v) is 40.8. The van der Waals surface area contributed by atoms with E-state index in [9.17, 15) is 14.4 Å². The molecular formula is C19H52O11Si8. The van der Waals surface area contributed by atoms with Gasteiger partial charge in [-0.1, -0.05) is 6.58 Å². The summed E-state index contributed by atoms with van der Waals surface area (Å²) in [6.07, 6.45) is 1.35. The minimum Gasteiger partial charge on any atom is -0.463 e. The quantitative estimate of drug-likeness (QED) is 0.129. The first-order valence-corrected chi connectivity index (χ1v) is 34.9. The van der Waals surface area contributed by atoms with Crippen LogP contribution in [0.15, 0.2) is 12.7 Å². The van der Waals surface area contributed by atoms with Gasteiger partial charge >= 0.3 is 66.1 Å². The average molecular weight is 681 g/mol. The van der Waals surface area contributed by atoms with Crippen molar-refractivity contribution in [3.05, 3.63) is 12.7 Å². The number of rotatable bonds is 17. The van der Waals surface area contributed by atoms with Crippen LogP contribution in [0.2, 0.25) is 98.2 Å². The molecule has 0 heterocycles. The van der Waals surface area contributed by atoms with Gasteiger partial charge in [0.2, 0.25) is 8.32 Å². The molecule has 38 heavy (non-hydrogen) atoms. The molecule has 0 aliphatic rings. The SMILES string of the molecule is C=CC(=O)OC[Si](C)(C)O[Si](C)(C)O[Si](C)(C)O[Si](C)(C)O[Si](C)(C)O[Si](C)(C)O[Si](C)(C)O[Si](C)(O)O. The summed E-state index contributed by atoms with van der Waals surface area (Å²) in [5.41, 5.74) is 0. The molecular weight excluding hydrogens is 629 g/mol. The molecule has 0 aliphatic carbocycles. The molecule has 0 unspecified atom stereocenters. The lowest BCUT2D eigenvalue weighted by molar-refractivity contribution is -0.136. The number of carbonyl (C=O) groups is 1. The van der Waals surface area contributed by atoms with Crippen LogP contribution >= 0.6 is 0 Å². The van der Waals surface area contributed by atoms with Crippen molar-refractivity contribution in [2.75, 3.05) is 6.23 Å². The van der Waals surface area contributed by atoms with Gasteiger partial charge in [-0.15, -0.1) is 0 Å². The Labute approximate surface area is 238 Å². The first-order chi connectivity index (χ1) is 16.4. The van der Waals surface area contributed by atoms with E-state index in [-0.39, 0.29) is 6.23 Å². The van der Waals surface area contributed by atoms with Gasteiger partial charge in [-0.05, 0) is 91.7 Å². The first kappa shape index (κ1) is 38.6. The Balaban J connectivity index is 5.31. The predicted octanol–water partition coefficient (Wildman–Crippen LogP) is 4.34. The molecule has 0 rings (SSSR count). The summed E-state index contributed by atoms with van der Waals surface area (Å²) >= 11 is 0. The van der Waals surface area contributed by atoms with E-state index >= 15 is 0 Å². The molecule has 11 nitrogen and oxygen atoms in total. The maximum Gasteiger partial charge on any atom is 0.483 e. The van der Waals surface area contributed by atoms with Crippen LogP contribution in [0, 0.1) is 0 Å². The highest BCUT2D eigenvalue weighted by molar-refractivity contribution is 6.92. The van der Waals surface area contributed by atoms with E-state index in [1.165, 1.54) is 6.55 Å². The molecule has 0 bridgehead atoms. The second-order valence-electron chi connectivity index (χ2n) is 12.6. The van der Waals surface area contributed by atoms with Crippen molar-refractivity contribution in [1.29, 1.82) is 0 Å². The third kappa shape index (κ3) is 18.1. The standard InChI is InChI=1S/C19H52O11Si8/c1-17-19(20)23-18-31(2,3)24-32(4,5)25-33(6,7)26-34(8,9)27-35(10,11)28-36(12,13)29-37(14,15)30-38(16,21)22/h17,21-22H,1,18H2,2-16H3. The van der Waals surface area contributed by atoms with Crippen molar-refractivity contribution < 1.29 is 47.9 Å². The molecule has 0 amide bonds. The maximum absolute atomic E-state index is 11.5. The lowest BCUT2D eigenvalue weighted by Crippen LogP contribution is -2.61. The summed E-state index contributed by atoms with van der Waals surface area (Å²) in [6.45, 7) is 31.8. The van der Waals surface area contributed by atoms with Crippen LogP contribution in [0.1, 0.15) is 0 Å². The van der Waals surface area contributed by atoms with Crippen LogP contribution in [-0.2, 0) is 38.3 Å². The minimum atomic E-state index is -3.73. The molecule has 0 aromatic carbocycles. The summed E-state index contributed by atoms with van der Waals surface area (Å²) < 4.78 is 49.5. The molecule has 0 aliphatic heterocycles. The number of hydrogen-bond donors (Lipinski definition) is 2. The van der Waals surface area contributed by atoms with Crippen LogP contribution in [0.25, 0.3) is 0 Å². The van der Waals surface area contributed by atoms with Crippen LogP contribution in [0.4, 0.5) is 0 Å². The summed E-state index contributed by atoms with van der Waals surface area (Å²) in [7, 11) is -22.4. The molecule has 0 aromatic heterocycles. The Morgan fingerprint density at radius 3 is 1.08 bits per heavy atom. The van der Waals surface area contributed by atoms with E-state index in [4.69, 9.17) is 33.5 Å². The van der Waals surface area contributed by atoms with Gasteiger partial charge in [0.25, 0.3) is 0 Å². The van der Waals surface area contributed by atoms with E-state index in [1.54, 1.807) is 13.1 Å². The van der Waals surface area contributed by atoms with Crippen LogP contribution in [0.5, 0.6) is 0 Å². The van der Waals surface area contributed by atoms with Crippen molar-refractivity contribution in [1.82, 2.24) is 0 Å². The van der Waals surface area contributed by atoms with E-state index in [1.807, 2.05) is 78.6 Å². The van der Waals surface area contributed by atoms with Crippen molar-refractivity contribution in [3.8, 4) is 0 Å². The van der Waals surface area contributed by atoms with E-state index in [0.29, 0.717) is 0 Å². The molecule has 0 spiro atoms. The van der Waals surface area contributed by atoms with Gasteiger partial charge in [-0.25, -0.2) is 4.79 Å². The highest BCUT2D eigenvalue weighted by atomic mass is 28.5. The summed E-state index contributed by atoms with van der Waals surface area (Å²) in [5.74, 6) is -0.469. The van der Waals surface area contributed by atoms with Crippen LogP contribution in [0.3, 0.4) is 0 Å². The molecule has 2 N–H and O–H groups in total. The van der Waals surface area contributed by atoms with Gasteiger partial charge in [0, 0.05) is 12.6 Å². The lowest BCUT2D eigenvalue weighted by atomic mass is 10.7. The van der Waals surface area contributed by atoms with E-state index in [2.05, 4.69) is 6.58 Å². The van der Waals surface area contributed by atoms with Crippen molar-refractivity contribution in [2.45, 2.75) is 98.2 Å². The molecule has 226 valence electrons. The first-order valence-electron chi connectivity index (χ1n) is 12.6. The third-order valence-electron chi connectivity index (χ3n) is 4.15. The van der Waals surface area contributed by atoms with Crippen molar-refractivity contribution in [2.24, 2.45) is 0 Å². The summed E-state index contributed by atoms with van der Waals surface area (Å²) in [4.78, 5) is 31.1. The van der Waals surface area contributed by atoms with E-state index < -0.39 is 74.5 Å². The second kappa shape index (κ2) is 13.3. The van der Waals surface area contributed by atoms with Gasteiger partial charge in [0.1, 0.15) is 6.23 Å². The Morgan fingerprint density at radius 1 is 0.553 bits per heavy atom. The zero-order valence-corrected chi connectivity index (χ0v) is 34.1. The summed E-state index contributed by atoms with van der Waals surface area (Å²) in [5, 5.41) is 0. The minimum absolute atomic E-state index is 0.214. The van der Waals surface area contributed by atoms with Gasteiger partial charge < -0.3 is 43.1 Å². The largest absolute Gasteiger partial charge is 0.483 e. The predicted molar refractivity (Wildman–Crippen MR) is 167 cm³/mol. The normalized spacial score (nSPS) is 15.0. The highest BCUT2D eigenvalue weighted by Gasteiger charge is 2.49. The van der Waals surface area contributed by atoms with Crippen LogP contribution in [-0.4, -0.2) is 90.3 Å². The zero-order chi connectivity index (χ0) is 30.6. The lowest BCUT2D eigenvalue weighted by Gasteiger charge is -2.43. The molecule has 0 fully saturated rings. The molecule has 0 saturated heterocycles. The van der Waals surface area contributed by atoms with Crippen LogP contribution < -0.4 is 0 Å². The Kier molecular flexibility index (Phi) is 13.5. The number of hydrogen-bond acceptors (Lipinski definition) is 11. The topological polar surface area (TPSA) is 131 Å². The van der Waals surface area contributed by atoms with Gasteiger partial charge in [-0.2, -0.15) is 0 Å². The fraction of sp³-hybridized carbons (Fsp3) is 0.842. The molecule has 0 atom stereocenters. The molecule has 0 radical (unpaired) electrons. The fourth-order valence-electron chi connectivity index (χ4n) is 4.55. The van der Waals surface area contributed by atoms with Crippen molar-refractivity contribution >= 4 is 74.5 Å². The van der Waals surface area contributed by atoms with Gasteiger partial charge in [-0.3, -0.25) is 0 Å². The Bertz CT molecular complexity index is 811.